The van der Waals surface area contributed by atoms with E-state index in [9.17, 15) is 0 Å². The van der Waals surface area contributed by atoms with Crippen molar-refractivity contribution in [3.8, 4) is 0 Å². The molecule has 1 aromatic rings. The lowest BCUT2D eigenvalue weighted by atomic mass is 10.1. The maximum Gasteiger partial charge on any atom is 0.0857 e. The Bertz CT molecular complexity index is 349. The molecule has 1 aromatic heterocycles. The first kappa shape index (κ1) is 10.6. The summed E-state index contributed by atoms with van der Waals surface area (Å²) in [5, 5.41) is 8.39. The summed E-state index contributed by atoms with van der Waals surface area (Å²) in [6.07, 6.45) is 4.36. The molecule has 0 atom stereocenters. The van der Waals surface area contributed by atoms with Crippen LogP contribution in [0.25, 0.3) is 0 Å². The van der Waals surface area contributed by atoms with E-state index in [4.69, 9.17) is 5.73 Å². The van der Waals surface area contributed by atoms with Crippen molar-refractivity contribution in [2.45, 2.75) is 58.0 Å². The number of nitrogens with zero attached hydrogens (tertiary/aromatic N) is 3. The molecular formula is C11H20N4. The normalized spacial score (nSPS) is 18.5. The first-order chi connectivity index (χ1) is 7.02. The van der Waals surface area contributed by atoms with Crippen molar-refractivity contribution in [3.63, 3.8) is 0 Å². The Kier molecular flexibility index (Phi) is 2.54. The number of rotatable bonds is 4. The smallest absolute Gasteiger partial charge is 0.0857 e. The van der Waals surface area contributed by atoms with Crippen molar-refractivity contribution in [2.24, 2.45) is 5.73 Å². The molecule has 0 aromatic carbocycles. The van der Waals surface area contributed by atoms with Gasteiger partial charge in [-0.05, 0) is 46.5 Å². The standard InChI is InChI=1S/C11H20N4/c1-8(2)15-9(3)10(13-14-15)4-5-11(12)6-7-11/h8H,4-7,12H2,1-3H3. The highest BCUT2D eigenvalue weighted by Gasteiger charge is 2.37. The average molecular weight is 208 g/mol. The van der Waals surface area contributed by atoms with Crippen LogP contribution in [0, 0.1) is 6.92 Å². The molecule has 1 aliphatic rings. The first-order valence-corrected chi connectivity index (χ1v) is 5.71. The van der Waals surface area contributed by atoms with E-state index in [2.05, 4.69) is 31.1 Å². The van der Waals surface area contributed by atoms with E-state index in [0.29, 0.717) is 6.04 Å². The molecule has 4 heteroatoms. The van der Waals surface area contributed by atoms with Crippen LogP contribution in [0.1, 0.15) is 50.5 Å². The predicted octanol–water partition coefficient (Wildman–Crippen LogP) is 1.59. The molecule has 2 N–H and O–H groups in total. The molecule has 0 aliphatic heterocycles. The Morgan fingerprint density at radius 1 is 1.47 bits per heavy atom. The third-order valence-electron chi connectivity index (χ3n) is 3.26. The Hall–Kier alpha value is -0.900. The lowest BCUT2D eigenvalue weighted by molar-refractivity contribution is 0.502. The summed E-state index contributed by atoms with van der Waals surface area (Å²) in [6, 6.07) is 0.388. The summed E-state index contributed by atoms with van der Waals surface area (Å²) in [5.74, 6) is 0. The molecule has 1 saturated carbocycles. The number of hydrogen-bond acceptors (Lipinski definition) is 3. The van der Waals surface area contributed by atoms with Gasteiger partial charge in [0.2, 0.25) is 0 Å². The largest absolute Gasteiger partial charge is 0.325 e. The van der Waals surface area contributed by atoms with Gasteiger partial charge in [-0.25, -0.2) is 4.68 Å². The highest BCUT2D eigenvalue weighted by atomic mass is 15.4. The highest BCUT2D eigenvalue weighted by molar-refractivity contribution is 5.11. The van der Waals surface area contributed by atoms with Crippen molar-refractivity contribution in [3.05, 3.63) is 11.4 Å². The summed E-state index contributed by atoms with van der Waals surface area (Å²) in [6.45, 7) is 6.33. The minimum Gasteiger partial charge on any atom is -0.325 e. The van der Waals surface area contributed by atoms with Gasteiger partial charge in [0, 0.05) is 11.6 Å². The first-order valence-electron chi connectivity index (χ1n) is 5.71. The van der Waals surface area contributed by atoms with Crippen molar-refractivity contribution >= 4 is 0 Å². The van der Waals surface area contributed by atoms with Gasteiger partial charge in [-0.2, -0.15) is 0 Å². The Labute approximate surface area is 90.8 Å². The summed E-state index contributed by atoms with van der Waals surface area (Å²) in [7, 11) is 0. The van der Waals surface area contributed by atoms with Gasteiger partial charge in [-0.3, -0.25) is 0 Å². The van der Waals surface area contributed by atoms with Gasteiger partial charge >= 0.3 is 0 Å². The number of aromatic nitrogens is 3. The van der Waals surface area contributed by atoms with Gasteiger partial charge in [0.1, 0.15) is 0 Å². The zero-order chi connectivity index (χ0) is 11.1. The summed E-state index contributed by atoms with van der Waals surface area (Å²) < 4.78 is 1.98. The molecule has 0 bridgehead atoms. The molecular weight excluding hydrogens is 188 g/mol. The van der Waals surface area contributed by atoms with E-state index in [1.54, 1.807) is 0 Å². The SMILES string of the molecule is Cc1c(CCC2(N)CC2)nnn1C(C)C. The lowest BCUT2D eigenvalue weighted by Crippen LogP contribution is -2.22. The van der Waals surface area contributed by atoms with E-state index < -0.39 is 0 Å². The number of hydrogen-bond donors (Lipinski definition) is 1. The molecule has 2 rings (SSSR count). The molecule has 4 nitrogen and oxygen atoms in total. The van der Waals surface area contributed by atoms with E-state index in [-0.39, 0.29) is 5.54 Å². The minimum absolute atomic E-state index is 0.119. The zero-order valence-corrected chi connectivity index (χ0v) is 9.82. The molecule has 0 amide bonds. The monoisotopic (exact) mass is 208 g/mol. The molecule has 1 aliphatic carbocycles. The van der Waals surface area contributed by atoms with Gasteiger partial charge in [0.05, 0.1) is 11.4 Å². The number of aryl methyl sites for hydroxylation is 1. The van der Waals surface area contributed by atoms with E-state index in [0.717, 1.165) is 18.5 Å². The Morgan fingerprint density at radius 3 is 2.60 bits per heavy atom. The molecule has 0 radical (unpaired) electrons. The van der Waals surface area contributed by atoms with Crippen molar-refractivity contribution in [1.29, 1.82) is 0 Å². The van der Waals surface area contributed by atoms with Crippen LogP contribution in [0.5, 0.6) is 0 Å². The average Bonchev–Trinajstić information content (AvgIpc) is 2.77. The van der Waals surface area contributed by atoms with E-state index in [1.165, 1.54) is 18.5 Å². The summed E-state index contributed by atoms with van der Waals surface area (Å²) in [4.78, 5) is 0. The maximum absolute atomic E-state index is 6.06. The maximum atomic E-state index is 6.06. The zero-order valence-electron chi connectivity index (χ0n) is 9.82. The quantitative estimate of drug-likeness (QED) is 0.817. The van der Waals surface area contributed by atoms with Crippen molar-refractivity contribution in [1.82, 2.24) is 15.0 Å². The summed E-state index contributed by atoms with van der Waals surface area (Å²) >= 11 is 0. The second-order valence-electron chi connectivity index (χ2n) is 5.02. The van der Waals surface area contributed by atoms with Crippen LogP contribution in [-0.2, 0) is 6.42 Å². The third kappa shape index (κ3) is 2.20. The fourth-order valence-corrected chi connectivity index (χ4v) is 1.87. The molecule has 0 saturated heterocycles. The van der Waals surface area contributed by atoms with Crippen LogP contribution in [0.15, 0.2) is 0 Å². The van der Waals surface area contributed by atoms with Crippen LogP contribution < -0.4 is 5.73 Å². The van der Waals surface area contributed by atoms with Crippen LogP contribution in [0.2, 0.25) is 0 Å². The van der Waals surface area contributed by atoms with Gasteiger partial charge in [-0.15, -0.1) is 5.10 Å². The minimum atomic E-state index is 0.119. The fourth-order valence-electron chi connectivity index (χ4n) is 1.87. The van der Waals surface area contributed by atoms with Gasteiger partial charge in [0.15, 0.2) is 0 Å². The lowest BCUT2D eigenvalue weighted by Gasteiger charge is -2.08. The Morgan fingerprint density at radius 2 is 2.13 bits per heavy atom. The molecule has 1 fully saturated rings. The molecule has 1 heterocycles. The highest BCUT2D eigenvalue weighted by Crippen LogP contribution is 2.36. The molecule has 84 valence electrons. The number of nitrogens with two attached hydrogens (primary N) is 1. The second-order valence-corrected chi connectivity index (χ2v) is 5.02. The van der Waals surface area contributed by atoms with Crippen molar-refractivity contribution < 1.29 is 0 Å². The van der Waals surface area contributed by atoms with Gasteiger partial charge < -0.3 is 5.73 Å². The van der Waals surface area contributed by atoms with Gasteiger partial charge in [0.25, 0.3) is 0 Å². The van der Waals surface area contributed by atoms with Crippen LogP contribution in [0.3, 0.4) is 0 Å². The topological polar surface area (TPSA) is 56.7 Å². The van der Waals surface area contributed by atoms with E-state index >= 15 is 0 Å². The Balaban J connectivity index is 2.02. The molecule has 0 spiro atoms. The van der Waals surface area contributed by atoms with E-state index in [1.807, 2.05) is 4.68 Å². The third-order valence-corrected chi connectivity index (χ3v) is 3.26. The predicted molar refractivity (Wildman–Crippen MR) is 59.6 cm³/mol. The van der Waals surface area contributed by atoms with Crippen LogP contribution in [0.4, 0.5) is 0 Å². The second kappa shape index (κ2) is 3.59. The molecule has 15 heavy (non-hydrogen) atoms. The fraction of sp³-hybridized carbons (Fsp3) is 0.818. The molecule has 0 unspecified atom stereocenters. The van der Waals surface area contributed by atoms with Crippen LogP contribution >= 0.6 is 0 Å². The van der Waals surface area contributed by atoms with Gasteiger partial charge in [-0.1, -0.05) is 5.21 Å². The summed E-state index contributed by atoms with van der Waals surface area (Å²) in [5.41, 5.74) is 8.48. The van der Waals surface area contributed by atoms with Crippen LogP contribution in [-0.4, -0.2) is 20.5 Å². The van der Waals surface area contributed by atoms with Crippen molar-refractivity contribution in [2.75, 3.05) is 0 Å².